The number of nitrogens with zero attached hydrogens (tertiary/aromatic N) is 2. The maximum absolute atomic E-state index is 13.3. The van der Waals surface area contributed by atoms with Crippen LogP contribution in [0.1, 0.15) is 22.3 Å². The minimum atomic E-state index is -4.63. The summed E-state index contributed by atoms with van der Waals surface area (Å²) in [6.07, 6.45) is -4.63. The number of anilines is 2. The molecular weight excluding hydrogens is 343 g/mol. The van der Waals surface area contributed by atoms with Gasteiger partial charge in [0.1, 0.15) is 0 Å². The van der Waals surface area contributed by atoms with Crippen LogP contribution in [0.4, 0.5) is 24.5 Å². The van der Waals surface area contributed by atoms with Crippen LogP contribution in [-0.2, 0) is 11.0 Å². The van der Waals surface area contributed by atoms with Crippen molar-refractivity contribution in [1.29, 1.82) is 5.26 Å². The van der Waals surface area contributed by atoms with E-state index < -0.39 is 17.6 Å². The summed E-state index contributed by atoms with van der Waals surface area (Å²) in [6, 6.07) is 10.5. The van der Waals surface area contributed by atoms with Crippen LogP contribution in [0.5, 0.6) is 0 Å². The van der Waals surface area contributed by atoms with Crippen molar-refractivity contribution >= 4 is 17.3 Å². The average molecular weight is 361 g/mol. The largest absolute Gasteiger partial charge is 0.418 e. The van der Waals surface area contributed by atoms with Gasteiger partial charge in [-0.2, -0.15) is 18.4 Å². The van der Waals surface area contributed by atoms with Crippen LogP contribution in [-0.4, -0.2) is 19.5 Å². The molecule has 2 rings (SSSR count). The van der Waals surface area contributed by atoms with Gasteiger partial charge in [-0.05, 0) is 43.2 Å². The number of nitriles is 1. The Morgan fingerprint density at radius 2 is 1.81 bits per heavy atom. The van der Waals surface area contributed by atoms with Gasteiger partial charge in [-0.15, -0.1) is 0 Å². The van der Waals surface area contributed by atoms with E-state index in [2.05, 4.69) is 5.32 Å². The highest BCUT2D eigenvalue weighted by molar-refractivity contribution is 5.95. The van der Waals surface area contributed by atoms with Crippen LogP contribution < -0.4 is 10.2 Å². The maximum Gasteiger partial charge on any atom is 0.418 e. The van der Waals surface area contributed by atoms with Gasteiger partial charge in [0.25, 0.3) is 0 Å². The van der Waals surface area contributed by atoms with Gasteiger partial charge in [0, 0.05) is 18.4 Å². The molecule has 0 saturated heterocycles. The first-order valence-corrected chi connectivity index (χ1v) is 7.82. The number of hydrogen-bond acceptors (Lipinski definition) is 3. The molecule has 1 N–H and O–H groups in total. The van der Waals surface area contributed by atoms with E-state index in [-0.39, 0.29) is 17.8 Å². The van der Waals surface area contributed by atoms with Gasteiger partial charge in [0.2, 0.25) is 5.91 Å². The smallest absolute Gasteiger partial charge is 0.365 e. The third kappa shape index (κ3) is 4.33. The Morgan fingerprint density at radius 1 is 1.19 bits per heavy atom. The Morgan fingerprint density at radius 3 is 2.35 bits per heavy atom. The summed E-state index contributed by atoms with van der Waals surface area (Å²) in [4.78, 5) is 13.5. The molecule has 2 aromatic rings. The number of hydrogen-bond donors (Lipinski definition) is 1. The molecule has 0 aliphatic rings. The highest BCUT2D eigenvalue weighted by Crippen LogP contribution is 2.36. The SMILES string of the molecule is Cc1cccc(C)c1NC(=O)CN(C)c1ccc(C#N)cc1C(F)(F)F. The molecule has 0 aliphatic heterocycles. The molecule has 1 amide bonds. The molecule has 7 heteroatoms. The van der Waals surface area contributed by atoms with Gasteiger partial charge in [-0.3, -0.25) is 4.79 Å². The summed E-state index contributed by atoms with van der Waals surface area (Å²) in [5.74, 6) is -0.428. The minimum Gasteiger partial charge on any atom is -0.365 e. The van der Waals surface area contributed by atoms with E-state index >= 15 is 0 Å². The predicted molar refractivity (Wildman–Crippen MR) is 94.0 cm³/mol. The Kier molecular flexibility index (Phi) is 5.56. The van der Waals surface area contributed by atoms with Crippen LogP contribution in [0.25, 0.3) is 0 Å². The van der Waals surface area contributed by atoms with E-state index in [0.29, 0.717) is 5.69 Å². The number of rotatable bonds is 4. The molecule has 0 atom stereocenters. The maximum atomic E-state index is 13.3. The zero-order chi connectivity index (χ0) is 19.5. The summed E-state index contributed by atoms with van der Waals surface area (Å²) in [5, 5.41) is 11.6. The van der Waals surface area contributed by atoms with Gasteiger partial charge < -0.3 is 10.2 Å². The van der Waals surface area contributed by atoms with Gasteiger partial charge in [-0.1, -0.05) is 18.2 Å². The lowest BCUT2D eigenvalue weighted by molar-refractivity contribution is -0.137. The molecule has 0 fully saturated rings. The van der Waals surface area contributed by atoms with Crippen LogP contribution in [0.2, 0.25) is 0 Å². The molecule has 0 spiro atoms. The number of carbonyl (C=O) groups is 1. The highest BCUT2D eigenvalue weighted by atomic mass is 19.4. The van der Waals surface area contributed by atoms with E-state index in [9.17, 15) is 18.0 Å². The van der Waals surface area contributed by atoms with Gasteiger partial charge in [0.05, 0.1) is 23.7 Å². The first-order chi connectivity index (χ1) is 12.1. The Balaban J connectivity index is 2.23. The molecule has 26 heavy (non-hydrogen) atoms. The standard InChI is InChI=1S/C19H18F3N3O/c1-12-5-4-6-13(2)18(12)24-17(26)11-25(3)16-8-7-14(10-23)9-15(16)19(20,21)22/h4-9H,11H2,1-3H3,(H,24,26). The summed E-state index contributed by atoms with van der Waals surface area (Å²) >= 11 is 0. The van der Waals surface area contributed by atoms with Gasteiger partial charge in [-0.25, -0.2) is 0 Å². The van der Waals surface area contributed by atoms with Crippen LogP contribution in [0, 0.1) is 25.2 Å². The summed E-state index contributed by atoms with van der Waals surface area (Å²) < 4.78 is 39.8. The van der Waals surface area contributed by atoms with E-state index in [0.717, 1.165) is 17.2 Å². The second kappa shape index (κ2) is 7.48. The van der Waals surface area contributed by atoms with Crippen molar-refractivity contribution < 1.29 is 18.0 Å². The lowest BCUT2D eigenvalue weighted by Gasteiger charge is -2.23. The first-order valence-electron chi connectivity index (χ1n) is 7.82. The molecule has 0 aliphatic carbocycles. The number of benzene rings is 2. The molecule has 136 valence electrons. The fraction of sp³-hybridized carbons (Fsp3) is 0.263. The van der Waals surface area contributed by atoms with Crippen LogP contribution in [0.3, 0.4) is 0 Å². The van der Waals surface area contributed by atoms with Crippen molar-refractivity contribution in [2.24, 2.45) is 0 Å². The number of carbonyl (C=O) groups excluding carboxylic acids is 1. The fourth-order valence-electron chi connectivity index (χ4n) is 2.66. The zero-order valence-electron chi connectivity index (χ0n) is 14.6. The van der Waals surface area contributed by atoms with Crippen LogP contribution >= 0.6 is 0 Å². The lowest BCUT2D eigenvalue weighted by atomic mass is 10.1. The number of para-hydroxylation sites is 1. The van der Waals surface area contributed by atoms with Crippen molar-refractivity contribution in [3.63, 3.8) is 0 Å². The lowest BCUT2D eigenvalue weighted by Crippen LogP contribution is -2.31. The van der Waals surface area contributed by atoms with Gasteiger partial charge >= 0.3 is 6.18 Å². The van der Waals surface area contributed by atoms with E-state index in [4.69, 9.17) is 5.26 Å². The van der Waals surface area contributed by atoms with E-state index in [1.54, 1.807) is 6.07 Å². The highest BCUT2D eigenvalue weighted by Gasteiger charge is 2.35. The molecule has 0 heterocycles. The normalized spacial score (nSPS) is 11.0. The number of likely N-dealkylation sites (N-methyl/N-ethyl adjacent to an activating group) is 1. The molecule has 2 aromatic carbocycles. The Labute approximate surface area is 149 Å². The Bertz CT molecular complexity index is 849. The molecular formula is C19H18F3N3O. The molecule has 0 aromatic heterocycles. The monoisotopic (exact) mass is 361 g/mol. The number of alkyl halides is 3. The van der Waals surface area contributed by atoms with Crippen molar-refractivity contribution in [3.05, 3.63) is 58.7 Å². The quantitative estimate of drug-likeness (QED) is 0.885. The van der Waals surface area contributed by atoms with Crippen molar-refractivity contribution in [3.8, 4) is 6.07 Å². The Hall–Kier alpha value is -3.01. The molecule has 0 bridgehead atoms. The fourth-order valence-corrected chi connectivity index (χ4v) is 2.66. The number of nitrogens with one attached hydrogen (secondary N) is 1. The molecule has 4 nitrogen and oxygen atoms in total. The van der Waals surface area contributed by atoms with Crippen molar-refractivity contribution in [2.75, 3.05) is 23.8 Å². The van der Waals surface area contributed by atoms with Crippen molar-refractivity contribution in [2.45, 2.75) is 20.0 Å². The van der Waals surface area contributed by atoms with E-state index in [1.807, 2.05) is 32.0 Å². The molecule has 0 radical (unpaired) electrons. The van der Waals surface area contributed by atoms with Crippen LogP contribution in [0.15, 0.2) is 36.4 Å². The summed E-state index contributed by atoms with van der Waals surface area (Å²) in [5.41, 5.74) is 1.20. The minimum absolute atomic E-state index is 0.0885. The topological polar surface area (TPSA) is 56.1 Å². The second-order valence-electron chi connectivity index (χ2n) is 6.01. The number of halogens is 3. The summed E-state index contributed by atoms with van der Waals surface area (Å²) in [7, 11) is 1.40. The second-order valence-corrected chi connectivity index (χ2v) is 6.01. The number of aryl methyl sites for hydroxylation is 2. The predicted octanol–water partition coefficient (Wildman–Crippen LogP) is 4.27. The zero-order valence-corrected chi connectivity index (χ0v) is 14.6. The average Bonchev–Trinajstić information content (AvgIpc) is 2.57. The molecule has 0 saturated carbocycles. The van der Waals surface area contributed by atoms with Gasteiger partial charge in [0.15, 0.2) is 0 Å². The van der Waals surface area contributed by atoms with Crippen molar-refractivity contribution in [1.82, 2.24) is 0 Å². The number of amides is 1. The molecule has 0 unspecified atom stereocenters. The third-order valence-corrected chi connectivity index (χ3v) is 3.97. The van der Waals surface area contributed by atoms with E-state index in [1.165, 1.54) is 24.1 Å². The first kappa shape index (κ1) is 19.3. The summed E-state index contributed by atoms with van der Waals surface area (Å²) in [6.45, 7) is 3.42. The third-order valence-electron chi connectivity index (χ3n) is 3.97.